The second kappa shape index (κ2) is 13.3. The van der Waals surface area contributed by atoms with E-state index in [4.69, 9.17) is 23.7 Å². The van der Waals surface area contributed by atoms with Crippen LogP contribution in [0.3, 0.4) is 0 Å². The average molecular weight is 493 g/mol. The van der Waals surface area contributed by atoms with Gasteiger partial charge in [-0.2, -0.15) is 0 Å². The Kier molecular flexibility index (Phi) is 9.61. The number of carbonyl (C=O) groups excluding carboxylic acids is 1. The molecule has 190 valence electrons. The number of ether oxygens (including phenoxy) is 5. The molecule has 7 heteroatoms. The zero-order chi connectivity index (χ0) is 25.2. The number of hydrogen-bond acceptors (Lipinski definition) is 7. The van der Waals surface area contributed by atoms with Crippen molar-refractivity contribution < 1.29 is 33.6 Å². The van der Waals surface area contributed by atoms with Crippen LogP contribution in [0.4, 0.5) is 0 Å². The number of esters is 1. The van der Waals surface area contributed by atoms with Gasteiger partial charge >= 0.3 is 5.97 Å². The number of benzene rings is 3. The van der Waals surface area contributed by atoms with Crippen molar-refractivity contribution in [3.05, 3.63) is 108 Å². The fourth-order valence-corrected chi connectivity index (χ4v) is 4.10. The largest absolute Gasteiger partial charge is 0.463 e. The summed E-state index contributed by atoms with van der Waals surface area (Å²) in [7, 11) is 0. The summed E-state index contributed by atoms with van der Waals surface area (Å²) >= 11 is 0. The SMILES string of the molecule is CC(=O)OC[C@H]1O[C@@H](O)[C@H](OCc2ccccc2)[C@@H](OCc2ccccc2)[C@@H]1OCc1ccccc1. The molecular formula is C29H32O7. The molecule has 1 heterocycles. The number of aliphatic hydroxyl groups is 1. The molecule has 5 atom stereocenters. The third-order valence-corrected chi connectivity index (χ3v) is 5.92. The van der Waals surface area contributed by atoms with Gasteiger partial charge in [-0.15, -0.1) is 0 Å². The van der Waals surface area contributed by atoms with Crippen LogP contribution in [0, 0.1) is 0 Å². The zero-order valence-electron chi connectivity index (χ0n) is 20.3. The maximum absolute atomic E-state index is 11.5. The molecule has 1 N–H and O–H groups in total. The molecule has 36 heavy (non-hydrogen) atoms. The van der Waals surface area contributed by atoms with Gasteiger partial charge in [0, 0.05) is 6.92 Å². The van der Waals surface area contributed by atoms with Crippen LogP contribution >= 0.6 is 0 Å². The van der Waals surface area contributed by atoms with Gasteiger partial charge in [0.25, 0.3) is 0 Å². The highest BCUT2D eigenvalue weighted by atomic mass is 16.7. The molecule has 0 aliphatic carbocycles. The van der Waals surface area contributed by atoms with Gasteiger partial charge in [-0.3, -0.25) is 4.79 Å². The molecule has 3 aromatic carbocycles. The number of rotatable bonds is 11. The number of carbonyl (C=O) groups is 1. The molecule has 1 aliphatic rings. The van der Waals surface area contributed by atoms with Crippen LogP contribution < -0.4 is 0 Å². The molecule has 0 bridgehead atoms. The fourth-order valence-electron chi connectivity index (χ4n) is 4.10. The van der Waals surface area contributed by atoms with Gasteiger partial charge in [0.1, 0.15) is 31.0 Å². The highest BCUT2D eigenvalue weighted by Crippen LogP contribution is 2.30. The lowest BCUT2D eigenvalue weighted by atomic mass is 9.98. The van der Waals surface area contributed by atoms with E-state index in [2.05, 4.69) is 0 Å². The normalized spacial score (nSPS) is 23.8. The van der Waals surface area contributed by atoms with Gasteiger partial charge in [-0.05, 0) is 16.7 Å². The van der Waals surface area contributed by atoms with Gasteiger partial charge in [0.05, 0.1) is 19.8 Å². The predicted molar refractivity (Wildman–Crippen MR) is 133 cm³/mol. The second-order valence-corrected chi connectivity index (χ2v) is 8.65. The molecule has 0 unspecified atom stereocenters. The Labute approximate surface area is 211 Å². The Balaban J connectivity index is 1.57. The Bertz CT molecular complexity index is 1040. The average Bonchev–Trinajstić information content (AvgIpc) is 2.91. The highest BCUT2D eigenvalue weighted by Gasteiger charge is 2.48. The fraction of sp³-hybridized carbons (Fsp3) is 0.345. The second-order valence-electron chi connectivity index (χ2n) is 8.65. The summed E-state index contributed by atoms with van der Waals surface area (Å²) in [5.74, 6) is -0.445. The van der Waals surface area contributed by atoms with Crippen LogP contribution in [0.5, 0.6) is 0 Å². The summed E-state index contributed by atoms with van der Waals surface area (Å²) in [5, 5.41) is 10.9. The van der Waals surface area contributed by atoms with Crippen molar-refractivity contribution in [2.75, 3.05) is 6.61 Å². The third kappa shape index (κ3) is 7.46. The monoisotopic (exact) mass is 492 g/mol. The molecule has 4 rings (SSSR count). The van der Waals surface area contributed by atoms with E-state index in [9.17, 15) is 9.90 Å². The van der Waals surface area contributed by atoms with Crippen LogP contribution in [-0.2, 0) is 48.3 Å². The molecule has 7 nitrogen and oxygen atoms in total. The molecule has 0 saturated carbocycles. The summed E-state index contributed by atoms with van der Waals surface area (Å²) in [6, 6.07) is 29.2. The first-order chi connectivity index (χ1) is 17.6. The molecule has 1 aliphatic heterocycles. The summed E-state index contributed by atoms with van der Waals surface area (Å²) in [6.07, 6.45) is -4.24. The third-order valence-electron chi connectivity index (χ3n) is 5.92. The maximum Gasteiger partial charge on any atom is 0.302 e. The van der Waals surface area contributed by atoms with Crippen molar-refractivity contribution in [3.8, 4) is 0 Å². The van der Waals surface area contributed by atoms with E-state index in [1.54, 1.807) is 0 Å². The summed E-state index contributed by atoms with van der Waals surface area (Å²) in [4.78, 5) is 11.5. The minimum atomic E-state index is -1.30. The molecule has 0 amide bonds. The minimum absolute atomic E-state index is 0.0809. The maximum atomic E-state index is 11.5. The summed E-state index contributed by atoms with van der Waals surface area (Å²) in [6.45, 7) is 2.08. The van der Waals surface area contributed by atoms with Crippen LogP contribution in [0.25, 0.3) is 0 Å². The Hall–Kier alpha value is -3.07. The van der Waals surface area contributed by atoms with E-state index >= 15 is 0 Å². The van der Waals surface area contributed by atoms with E-state index in [0.29, 0.717) is 0 Å². The van der Waals surface area contributed by atoms with Gasteiger partial charge < -0.3 is 28.8 Å². The van der Waals surface area contributed by atoms with Crippen molar-refractivity contribution in [1.29, 1.82) is 0 Å². The first-order valence-electron chi connectivity index (χ1n) is 12.0. The van der Waals surface area contributed by atoms with Crippen LogP contribution in [-0.4, -0.2) is 48.4 Å². The molecule has 1 saturated heterocycles. The lowest BCUT2D eigenvalue weighted by Gasteiger charge is -2.44. The van der Waals surface area contributed by atoms with Crippen LogP contribution in [0.1, 0.15) is 23.6 Å². The first-order valence-corrected chi connectivity index (χ1v) is 12.0. The highest BCUT2D eigenvalue weighted by molar-refractivity contribution is 5.65. The van der Waals surface area contributed by atoms with E-state index in [-0.39, 0.29) is 26.4 Å². The van der Waals surface area contributed by atoms with E-state index in [1.165, 1.54) is 6.92 Å². The summed E-state index contributed by atoms with van der Waals surface area (Å²) < 4.78 is 29.9. The van der Waals surface area contributed by atoms with Crippen molar-refractivity contribution in [2.45, 2.75) is 57.5 Å². The molecular weight excluding hydrogens is 460 g/mol. The van der Waals surface area contributed by atoms with Crippen molar-refractivity contribution in [2.24, 2.45) is 0 Å². The molecule has 0 aromatic heterocycles. The van der Waals surface area contributed by atoms with Crippen molar-refractivity contribution >= 4 is 5.97 Å². The Morgan fingerprint density at radius 3 is 1.56 bits per heavy atom. The predicted octanol–water partition coefficient (Wildman–Crippen LogP) is 4.02. The van der Waals surface area contributed by atoms with Gasteiger partial charge in [0.15, 0.2) is 6.29 Å². The quantitative estimate of drug-likeness (QED) is 0.405. The zero-order valence-corrected chi connectivity index (χ0v) is 20.3. The first kappa shape index (κ1) is 26.0. The Morgan fingerprint density at radius 2 is 1.11 bits per heavy atom. The lowest BCUT2D eigenvalue weighted by Crippen LogP contribution is -2.61. The number of hydrogen-bond donors (Lipinski definition) is 1. The van der Waals surface area contributed by atoms with E-state index in [0.717, 1.165) is 16.7 Å². The summed E-state index contributed by atoms with van der Waals surface area (Å²) in [5.41, 5.74) is 2.90. The van der Waals surface area contributed by atoms with E-state index < -0.39 is 36.7 Å². The topological polar surface area (TPSA) is 83.5 Å². The molecule has 1 fully saturated rings. The van der Waals surface area contributed by atoms with E-state index in [1.807, 2.05) is 91.0 Å². The van der Waals surface area contributed by atoms with Crippen LogP contribution in [0.2, 0.25) is 0 Å². The van der Waals surface area contributed by atoms with Gasteiger partial charge in [-0.25, -0.2) is 0 Å². The van der Waals surface area contributed by atoms with Gasteiger partial charge in [-0.1, -0.05) is 91.0 Å². The van der Waals surface area contributed by atoms with Crippen molar-refractivity contribution in [3.63, 3.8) is 0 Å². The van der Waals surface area contributed by atoms with Crippen LogP contribution in [0.15, 0.2) is 91.0 Å². The minimum Gasteiger partial charge on any atom is -0.463 e. The van der Waals surface area contributed by atoms with Crippen molar-refractivity contribution in [1.82, 2.24) is 0 Å². The molecule has 0 spiro atoms. The molecule has 3 aromatic rings. The van der Waals surface area contributed by atoms with Gasteiger partial charge in [0.2, 0.25) is 0 Å². The lowest BCUT2D eigenvalue weighted by molar-refractivity contribution is -0.315. The smallest absolute Gasteiger partial charge is 0.302 e. The Morgan fingerprint density at radius 1 is 0.694 bits per heavy atom. The number of aliphatic hydroxyl groups excluding tert-OH is 1. The molecule has 0 radical (unpaired) electrons. The standard InChI is InChI=1S/C29H32O7/c1-21(30)32-20-25-26(33-17-22-11-5-2-6-12-22)27(34-18-23-13-7-3-8-14-23)28(29(31)36-25)35-19-24-15-9-4-10-16-24/h2-16,25-29,31H,17-20H2,1H3/t25-,26-,27+,28-,29-/m1/s1.